The molecule has 1 rings (SSSR count). The number of hydrogen-bond donors (Lipinski definition) is 2. The van der Waals surface area contributed by atoms with E-state index in [0.29, 0.717) is 12.8 Å². The molecule has 0 unspecified atom stereocenters. The average molecular weight is 173 g/mol. The third kappa shape index (κ3) is 2.11. The maximum atomic E-state index is 10.4. The van der Waals surface area contributed by atoms with Gasteiger partial charge in [0.1, 0.15) is 6.10 Å². The van der Waals surface area contributed by atoms with E-state index in [2.05, 4.69) is 0 Å². The van der Waals surface area contributed by atoms with Gasteiger partial charge in [-0.3, -0.25) is 0 Å². The van der Waals surface area contributed by atoms with Crippen LogP contribution in [-0.4, -0.2) is 23.4 Å². The Morgan fingerprint density at radius 2 is 2.17 bits per heavy atom. The standard InChI is InChI=1S/C8H15NO3/c1-8(2)3-5(10)6(4-8)12-7(9)11/h5-6,10H,3-4H2,1-2H3,(H2,9,11)/t5-,6-/m1/s1. The van der Waals surface area contributed by atoms with Gasteiger partial charge in [-0.1, -0.05) is 13.8 Å². The lowest BCUT2D eigenvalue weighted by Gasteiger charge is -2.15. The van der Waals surface area contributed by atoms with Gasteiger partial charge in [-0.15, -0.1) is 0 Å². The summed E-state index contributed by atoms with van der Waals surface area (Å²) in [6, 6.07) is 0. The molecule has 0 heterocycles. The third-order valence-corrected chi connectivity index (χ3v) is 2.21. The molecule has 0 spiro atoms. The molecule has 0 aromatic rings. The fraction of sp³-hybridized carbons (Fsp3) is 0.875. The molecule has 1 amide bonds. The number of carbonyl (C=O) groups is 1. The smallest absolute Gasteiger partial charge is 0.404 e. The van der Waals surface area contributed by atoms with Gasteiger partial charge in [-0.25, -0.2) is 4.79 Å². The normalized spacial score (nSPS) is 33.2. The number of nitrogens with two attached hydrogens (primary N) is 1. The molecule has 0 aromatic carbocycles. The summed E-state index contributed by atoms with van der Waals surface area (Å²) in [4.78, 5) is 10.4. The Kier molecular flexibility index (Phi) is 2.28. The minimum absolute atomic E-state index is 0.0412. The number of aliphatic hydroxyl groups is 1. The van der Waals surface area contributed by atoms with Crippen molar-refractivity contribution < 1.29 is 14.6 Å². The molecular weight excluding hydrogens is 158 g/mol. The number of rotatable bonds is 1. The van der Waals surface area contributed by atoms with Crippen molar-refractivity contribution in [2.45, 2.75) is 38.9 Å². The van der Waals surface area contributed by atoms with Gasteiger partial charge in [0.25, 0.3) is 0 Å². The Bertz CT molecular complexity index is 191. The largest absolute Gasteiger partial charge is 0.444 e. The predicted octanol–water partition coefficient (Wildman–Crippen LogP) is 0.631. The highest BCUT2D eigenvalue weighted by atomic mass is 16.6. The Morgan fingerprint density at radius 3 is 2.50 bits per heavy atom. The van der Waals surface area contributed by atoms with Crippen LogP contribution >= 0.6 is 0 Å². The van der Waals surface area contributed by atoms with E-state index < -0.39 is 18.3 Å². The van der Waals surface area contributed by atoms with E-state index in [-0.39, 0.29) is 5.41 Å². The van der Waals surface area contributed by atoms with Crippen molar-refractivity contribution in [3.8, 4) is 0 Å². The zero-order chi connectivity index (χ0) is 9.35. The molecule has 1 fully saturated rings. The van der Waals surface area contributed by atoms with Gasteiger partial charge >= 0.3 is 6.09 Å². The highest BCUT2D eigenvalue weighted by Gasteiger charge is 2.40. The summed E-state index contributed by atoms with van der Waals surface area (Å²) in [6.07, 6.45) is -0.455. The van der Waals surface area contributed by atoms with E-state index in [0.717, 1.165) is 0 Å². The van der Waals surface area contributed by atoms with E-state index in [1.807, 2.05) is 13.8 Å². The summed E-state index contributed by atoms with van der Waals surface area (Å²) in [5.41, 5.74) is 4.89. The van der Waals surface area contributed by atoms with Crippen LogP contribution < -0.4 is 5.73 Å². The van der Waals surface area contributed by atoms with Crippen LogP contribution in [0.3, 0.4) is 0 Å². The van der Waals surface area contributed by atoms with E-state index in [1.165, 1.54) is 0 Å². The van der Waals surface area contributed by atoms with Crippen LogP contribution in [0.5, 0.6) is 0 Å². The maximum absolute atomic E-state index is 10.4. The molecule has 0 aliphatic heterocycles. The molecule has 0 bridgehead atoms. The fourth-order valence-corrected chi connectivity index (χ4v) is 1.73. The molecule has 70 valence electrons. The van der Waals surface area contributed by atoms with Gasteiger partial charge < -0.3 is 15.6 Å². The van der Waals surface area contributed by atoms with Crippen molar-refractivity contribution in [2.24, 2.45) is 11.1 Å². The minimum Gasteiger partial charge on any atom is -0.444 e. The molecule has 1 aliphatic rings. The Morgan fingerprint density at radius 1 is 1.58 bits per heavy atom. The first-order chi connectivity index (χ1) is 5.41. The number of hydrogen-bond acceptors (Lipinski definition) is 3. The molecule has 0 radical (unpaired) electrons. The van der Waals surface area contributed by atoms with Crippen LogP contribution in [0.4, 0.5) is 4.79 Å². The quantitative estimate of drug-likeness (QED) is 0.611. The highest BCUT2D eigenvalue weighted by molar-refractivity contribution is 5.64. The van der Waals surface area contributed by atoms with Crippen LogP contribution in [0.25, 0.3) is 0 Å². The number of ether oxygens (including phenoxy) is 1. The predicted molar refractivity (Wildman–Crippen MR) is 43.5 cm³/mol. The summed E-state index contributed by atoms with van der Waals surface area (Å²) >= 11 is 0. The first kappa shape index (κ1) is 9.32. The molecule has 4 heteroatoms. The SMILES string of the molecule is CC1(C)C[C@@H](O)[C@H](OC(N)=O)C1. The van der Waals surface area contributed by atoms with E-state index in [4.69, 9.17) is 10.5 Å². The fourth-order valence-electron chi connectivity index (χ4n) is 1.73. The van der Waals surface area contributed by atoms with Crippen LogP contribution in [-0.2, 0) is 4.74 Å². The van der Waals surface area contributed by atoms with Crippen LogP contribution in [0.1, 0.15) is 26.7 Å². The number of primary amides is 1. The lowest BCUT2D eigenvalue weighted by molar-refractivity contribution is 0.0266. The summed E-state index contributed by atoms with van der Waals surface area (Å²) in [6.45, 7) is 4.06. The van der Waals surface area contributed by atoms with Gasteiger partial charge in [0.15, 0.2) is 0 Å². The van der Waals surface area contributed by atoms with Crippen molar-refractivity contribution in [1.82, 2.24) is 0 Å². The molecule has 4 nitrogen and oxygen atoms in total. The van der Waals surface area contributed by atoms with Crippen molar-refractivity contribution >= 4 is 6.09 Å². The molecular formula is C8H15NO3. The van der Waals surface area contributed by atoms with Crippen molar-refractivity contribution in [2.75, 3.05) is 0 Å². The number of carbonyl (C=O) groups excluding carboxylic acids is 1. The van der Waals surface area contributed by atoms with Crippen LogP contribution in [0, 0.1) is 5.41 Å². The zero-order valence-corrected chi connectivity index (χ0v) is 7.41. The lowest BCUT2D eigenvalue weighted by Crippen LogP contribution is -2.28. The van der Waals surface area contributed by atoms with E-state index in [1.54, 1.807) is 0 Å². The monoisotopic (exact) mass is 173 g/mol. The van der Waals surface area contributed by atoms with Gasteiger partial charge in [-0.05, 0) is 18.3 Å². The first-order valence-corrected chi connectivity index (χ1v) is 4.05. The van der Waals surface area contributed by atoms with Crippen molar-refractivity contribution in [3.05, 3.63) is 0 Å². The van der Waals surface area contributed by atoms with Gasteiger partial charge in [0.2, 0.25) is 0 Å². The second-order valence-electron chi connectivity index (χ2n) is 4.12. The molecule has 2 atom stereocenters. The lowest BCUT2D eigenvalue weighted by atomic mass is 9.92. The van der Waals surface area contributed by atoms with Gasteiger partial charge in [-0.2, -0.15) is 0 Å². The Hall–Kier alpha value is -0.770. The molecule has 1 saturated carbocycles. The highest BCUT2D eigenvalue weighted by Crippen LogP contribution is 2.38. The average Bonchev–Trinajstić information content (AvgIpc) is 2.03. The molecule has 0 saturated heterocycles. The number of aliphatic hydroxyl groups excluding tert-OH is 1. The summed E-state index contributed by atoms with van der Waals surface area (Å²) in [5, 5.41) is 9.44. The summed E-state index contributed by atoms with van der Waals surface area (Å²) < 4.78 is 4.75. The van der Waals surface area contributed by atoms with E-state index >= 15 is 0 Å². The maximum Gasteiger partial charge on any atom is 0.404 e. The molecule has 12 heavy (non-hydrogen) atoms. The first-order valence-electron chi connectivity index (χ1n) is 4.05. The molecule has 1 aliphatic carbocycles. The zero-order valence-electron chi connectivity index (χ0n) is 7.41. The van der Waals surface area contributed by atoms with Gasteiger partial charge in [0.05, 0.1) is 6.10 Å². The molecule has 3 N–H and O–H groups in total. The third-order valence-electron chi connectivity index (χ3n) is 2.21. The van der Waals surface area contributed by atoms with E-state index in [9.17, 15) is 9.90 Å². The topological polar surface area (TPSA) is 72.6 Å². The van der Waals surface area contributed by atoms with Crippen molar-refractivity contribution in [1.29, 1.82) is 0 Å². The van der Waals surface area contributed by atoms with Crippen LogP contribution in [0.15, 0.2) is 0 Å². The Balaban J connectivity index is 2.52. The second kappa shape index (κ2) is 2.94. The molecule has 0 aromatic heterocycles. The summed E-state index contributed by atoms with van der Waals surface area (Å²) in [5.74, 6) is 0. The summed E-state index contributed by atoms with van der Waals surface area (Å²) in [7, 11) is 0. The number of amides is 1. The van der Waals surface area contributed by atoms with Gasteiger partial charge in [0, 0.05) is 0 Å². The second-order valence-corrected chi connectivity index (χ2v) is 4.12. The minimum atomic E-state index is -0.809. The Labute approximate surface area is 71.7 Å². The van der Waals surface area contributed by atoms with Crippen LogP contribution in [0.2, 0.25) is 0 Å². The van der Waals surface area contributed by atoms with Crippen molar-refractivity contribution in [3.63, 3.8) is 0 Å².